The maximum absolute atomic E-state index is 12.9. The Morgan fingerprint density at radius 2 is 1.60 bits per heavy atom. The summed E-state index contributed by atoms with van der Waals surface area (Å²) in [5.74, 6) is 0.201. The van der Waals surface area contributed by atoms with E-state index in [1.54, 1.807) is 30.5 Å². The molecule has 0 spiro atoms. The van der Waals surface area contributed by atoms with Gasteiger partial charge in [0.1, 0.15) is 17.1 Å². The van der Waals surface area contributed by atoms with Crippen LogP contribution in [-0.4, -0.2) is 9.97 Å². The zero-order chi connectivity index (χ0) is 17.9. The van der Waals surface area contributed by atoms with Gasteiger partial charge in [0.2, 0.25) is 5.88 Å². The zero-order valence-corrected chi connectivity index (χ0v) is 13.3. The number of hydrogen-bond donors (Lipinski definition) is 1. The molecule has 2 aromatic heterocycles. The molecule has 0 saturated carbocycles. The lowest BCUT2D eigenvalue weighted by Crippen LogP contribution is -2.08. The molecule has 0 bridgehead atoms. The average molecular weight is 366 g/mol. The Hall–Kier alpha value is -2.80. The molecular formula is C17H11ClF3N3O. The maximum Gasteiger partial charge on any atom is 0.421 e. The van der Waals surface area contributed by atoms with Crippen LogP contribution in [0.3, 0.4) is 0 Å². The number of rotatable bonds is 4. The van der Waals surface area contributed by atoms with E-state index in [0.29, 0.717) is 16.5 Å². The second kappa shape index (κ2) is 6.98. The highest BCUT2D eigenvalue weighted by Crippen LogP contribution is 2.36. The molecule has 4 nitrogen and oxygen atoms in total. The summed E-state index contributed by atoms with van der Waals surface area (Å²) < 4.78 is 44.1. The molecule has 0 radical (unpaired) electrons. The number of aromatic nitrogens is 2. The molecule has 8 heteroatoms. The van der Waals surface area contributed by atoms with Gasteiger partial charge in [-0.3, -0.25) is 0 Å². The normalized spacial score (nSPS) is 11.2. The molecule has 1 N–H and O–H groups in total. The predicted octanol–water partition coefficient (Wildman–Crippen LogP) is 5.68. The lowest BCUT2D eigenvalue weighted by molar-refractivity contribution is -0.138. The highest BCUT2D eigenvalue weighted by Gasteiger charge is 2.35. The molecule has 0 aliphatic heterocycles. The van der Waals surface area contributed by atoms with Crippen molar-refractivity contribution in [2.24, 2.45) is 0 Å². The highest BCUT2D eigenvalue weighted by atomic mass is 35.5. The number of pyridine rings is 2. The van der Waals surface area contributed by atoms with E-state index in [9.17, 15) is 13.2 Å². The molecule has 0 atom stereocenters. The van der Waals surface area contributed by atoms with Gasteiger partial charge in [-0.1, -0.05) is 11.6 Å². The fraction of sp³-hybridized carbons (Fsp3) is 0.0588. The van der Waals surface area contributed by atoms with E-state index >= 15 is 0 Å². The van der Waals surface area contributed by atoms with Crippen molar-refractivity contribution in [3.8, 4) is 11.6 Å². The van der Waals surface area contributed by atoms with Crippen molar-refractivity contribution >= 4 is 23.1 Å². The molecule has 25 heavy (non-hydrogen) atoms. The number of benzene rings is 1. The van der Waals surface area contributed by atoms with Gasteiger partial charge in [0.25, 0.3) is 0 Å². The first-order valence-corrected chi connectivity index (χ1v) is 7.49. The predicted molar refractivity (Wildman–Crippen MR) is 88.3 cm³/mol. The number of hydrogen-bond acceptors (Lipinski definition) is 4. The van der Waals surface area contributed by atoms with Gasteiger partial charge in [-0.2, -0.15) is 13.2 Å². The first-order chi connectivity index (χ1) is 11.9. The summed E-state index contributed by atoms with van der Waals surface area (Å²) in [4.78, 5) is 7.75. The molecule has 128 valence electrons. The first-order valence-electron chi connectivity index (χ1n) is 7.11. The average Bonchev–Trinajstić information content (AvgIpc) is 2.58. The monoisotopic (exact) mass is 365 g/mol. The van der Waals surface area contributed by atoms with Crippen molar-refractivity contribution in [1.29, 1.82) is 0 Å². The van der Waals surface area contributed by atoms with Crippen LogP contribution in [0.1, 0.15) is 5.56 Å². The van der Waals surface area contributed by atoms with Gasteiger partial charge < -0.3 is 10.1 Å². The van der Waals surface area contributed by atoms with Gasteiger partial charge in [-0.15, -0.1) is 0 Å². The lowest BCUT2D eigenvalue weighted by Gasteiger charge is -2.12. The fourth-order valence-electron chi connectivity index (χ4n) is 2.02. The van der Waals surface area contributed by atoms with Crippen molar-refractivity contribution in [3.05, 3.63) is 71.5 Å². The van der Waals surface area contributed by atoms with Crippen LogP contribution in [-0.2, 0) is 6.18 Å². The Kier molecular flexibility index (Phi) is 4.76. The standard InChI is InChI=1S/C17H11ClF3N3O/c18-14-4-2-9-22-15(14)24-11-5-7-12(8-6-11)25-16-13(17(19,20)21)3-1-10-23-16/h1-10H,(H,22,24). The minimum absolute atomic E-state index is 0.224. The van der Waals surface area contributed by atoms with E-state index in [-0.39, 0.29) is 5.75 Å². The summed E-state index contributed by atoms with van der Waals surface area (Å²) in [7, 11) is 0. The molecule has 0 fully saturated rings. The van der Waals surface area contributed by atoms with Crippen LogP contribution in [0.4, 0.5) is 24.7 Å². The van der Waals surface area contributed by atoms with Crippen LogP contribution in [0.2, 0.25) is 5.02 Å². The van der Waals surface area contributed by atoms with Crippen LogP contribution in [0.5, 0.6) is 11.6 Å². The van der Waals surface area contributed by atoms with Crippen LogP contribution in [0, 0.1) is 0 Å². The maximum atomic E-state index is 12.9. The van der Waals surface area contributed by atoms with Crippen molar-refractivity contribution in [3.63, 3.8) is 0 Å². The minimum Gasteiger partial charge on any atom is -0.438 e. The minimum atomic E-state index is -4.54. The van der Waals surface area contributed by atoms with E-state index in [4.69, 9.17) is 16.3 Å². The molecule has 0 aliphatic rings. The quantitative estimate of drug-likeness (QED) is 0.645. The van der Waals surface area contributed by atoms with E-state index < -0.39 is 17.6 Å². The van der Waals surface area contributed by atoms with Crippen LogP contribution >= 0.6 is 11.6 Å². The van der Waals surface area contributed by atoms with E-state index in [1.165, 1.54) is 24.4 Å². The molecule has 0 saturated heterocycles. The molecule has 0 unspecified atom stereocenters. The lowest BCUT2D eigenvalue weighted by atomic mass is 10.2. The summed E-state index contributed by atoms with van der Waals surface area (Å²) in [6.07, 6.45) is -1.71. The molecule has 0 aliphatic carbocycles. The van der Waals surface area contributed by atoms with Crippen molar-refractivity contribution < 1.29 is 17.9 Å². The molecule has 0 amide bonds. The van der Waals surface area contributed by atoms with Gasteiger partial charge in [0.15, 0.2) is 0 Å². The summed E-state index contributed by atoms with van der Waals surface area (Å²) in [6.45, 7) is 0. The number of nitrogens with zero attached hydrogens (tertiary/aromatic N) is 2. The highest BCUT2D eigenvalue weighted by molar-refractivity contribution is 6.33. The van der Waals surface area contributed by atoms with E-state index in [0.717, 1.165) is 6.07 Å². The second-order valence-electron chi connectivity index (χ2n) is 4.94. The van der Waals surface area contributed by atoms with Crippen LogP contribution < -0.4 is 10.1 Å². The van der Waals surface area contributed by atoms with Crippen molar-refractivity contribution in [2.45, 2.75) is 6.18 Å². The van der Waals surface area contributed by atoms with Gasteiger partial charge in [-0.25, -0.2) is 9.97 Å². The van der Waals surface area contributed by atoms with Gasteiger partial charge in [0.05, 0.1) is 5.02 Å². The summed E-state index contributed by atoms with van der Waals surface area (Å²) >= 11 is 6.01. The second-order valence-corrected chi connectivity index (χ2v) is 5.35. The third-order valence-corrected chi connectivity index (χ3v) is 3.47. The third kappa shape index (κ3) is 4.19. The fourth-order valence-corrected chi connectivity index (χ4v) is 2.19. The number of halogens is 4. The first kappa shape index (κ1) is 17.0. The smallest absolute Gasteiger partial charge is 0.421 e. The summed E-state index contributed by atoms with van der Waals surface area (Å²) in [5, 5.41) is 3.45. The van der Waals surface area contributed by atoms with Crippen LogP contribution in [0.25, 0.3) is 0 Å². The van der Waals surface area contributed by atoms with E-state index in [1.807, 2.05) is 0 Å². The van der Waals surface area contributed by atoms with Crippen molar-refractivity contribution in [2.75, 3.05) is 5.32 Å². The van der Waals surface area contributed by atoms with Gasteiger partial charge in [-0.05, 0) is 48.5 Å². The Labute approximate surface area is 146 Å². The molecule has 3 aromatic rings. The Bertz CT molecular complexity index is 870. The summed E-state index contributed by atoms with van der Waals surface area (Å²) in [6, 6.07) is 11.8. The Morgan fingerprint density at radius 1 is 0.920 bits per heavy atom. The van der Waals surface area contributed by atoms with Crippen molar-refractivity contribution in [1.82, 2.24) is 9.97 Å². The molecular weight excluding hydrogens is 355 g/mol. The molecule has 2 heterocycles. The number of nitrogens with one attached hydrogen (secondary N) is 1. The third-order valence-electron chi connectivity index (χ3n) is 3.17. The topological polar surface area (TPSA) is 47.0 Å². The van der Waals surface area contributed by atoms with E-state index in [2.05, 4.69) is 15.3 Å². The number of alkyl halides is 3. The Morgan fingerprint density at radius 3 is 2.28 bits per heavy atom. The number of ether oxygens (including phenoxy) is 1. The van der Waals surface area contributed by atoms with Gasteiger partial charge >= 0.3 is 6.18 Å². The number of anilines is 2. The largest absolute Gasteiger partial charge is 0.438 e. The Balaban J connectivity index is 1.77. The zero-order valence-electron chi connectivity index (χ0n) is 12.6. The molecule has 3 rings (SSSR count). The molecule has 1 aromatic carbocycles. The summed E-state index contributed by atoms with van der Waals surface area (Å²) in [5.41, 5.74) is -0.275. The van der Waals surface area contributed by atoms with Gasteiger partial charge in [0, 0.05) is 18.1 Å². The van der Waals surface area contributed by atoms with Crippen LogP contribution in [0.15, 0.2) is 60.9 Å². The SMILES string of the molecule is FC(F)(F)c1cccnc1Oc1ccc(Nc2ncccc2Cl)cc1.